The van der Waals surface area contributed by atoms with E-state index in [0.717, 1.165) is 6.07 Å². The van der Waals surface area contributed by atoms with Gasteiger partial charge in [-0.3, -0.25) is 14.9 Å². The third kappa shape index (κ3) is 3.90. The molecule has 0 aliphatic rings. The predicted molar refractivity (Wildman–Crippen MR) is 66.9 cm³/mol. The summed E-state index contributed by atoms with van der Waals surface area (Å²) in [6, 6.07) is 1.39. The highest BCUT2D eigenvalue weighted by Crippen LogP contribution is 2.26. The van der Waals surface area contributed by atoms with Gasteiger partial charge in [-0.15, -0.1) is 0 Å². The van der Waals surface area contributed by atoms with Crippen molar-refractivity contribution in [3.8, 4) is 0 Å². The zero-order chi connectivity index (χ0) is 15.3. The van der Waals surface area contributed by atoms with E-state index in [2.05, 4.69) is 5.32 Å². The van der Waals surface area contributed by atoms with E-state index in [4.69, 9.17) is 10.8 Å². The Labute approximate surface area is 112 Å². The molecule has 1 aromatic rings. The van der Waals surface area contributed by atoms with Crippen molar-refractivity contribution in [3.63, 3.8) is 0 Å². The maximum absolute atomic E-state index is 13.6. The van der Waals surface area contributed by atoms with Crippen LogP contribution < -0.4 is 11.1 Å². The van der Waals surface area contributed by atoms with Gasteiger partial charge in [-0.1, -0.05) is 0 Å². The number of halogens is 1. The molecule has 0 atom stereocenters. The topological polar surface area (TPSA) is 136 Å². The first kappa shape index (κ1) is 15.3. The lowest BCUT2D eigenvalue weighted by atomic mass is 10.1. The highest BCUT2D eigenvalue weighted by Gasteiger charge is 2.23. The number of aromatic carboxylic acids is 1. The second kappa shape index (κ2) is 6.45. The summed E-state index contributed by atoms with van der Waals surface area (Å²) in [6.07, 6.45) is 0.418. The van der Waals surface area contributed by atoms with Gasteiger partial charge in [-0.05, 0) is 12.5 Å². The average Bonchev–Trinajstić information content (AvgIpc) is 2.34. The van der Waals surface area contributed by atoms with Gasteiger partial charge < -0.3 is 16.2 Å². The zero-order valence-corrected chi connectivity index (χ0v) is 10.3. The van der Waals surface area contributed by atoms with Gasteiger partial charge in [-0.2, -0.15) is 0 Å². The van der Waals surface area contributed by atoms with Crippen LogP contribution in [-0.2, 0) is 4.79 Å². The lowest BCUT2D eigenvalue weighted by Crippen LogP contribution is -2.13. The minimum atomic E-state index is -1.53. The predicted octanol–water partition coefficient (Wildman–Crippen LogP) is 1.11. The summed E-state index contributed by atoms with van der Waals surface area (Å²) >= 11 is 0. The van der Waals surface area contributed by atoms with E-state index in [1.165, 1.54) is 0 Å². The van der Waals surface area contributed by atoms with Crippen molar-refractivity contribution in [1.29, 1.82) is 0 Å². The molecule has 4 N–H and O–H groups in total. The smallest absolute Gasteiger partial charge is 0.342 e. The van der Waals surface area contributed by atoms with E-state index < -0.39 is 33.9 Å². The van der Waals surface area contributed by atoms with Gasteiger partial charge in [-0.25, -0.2) is 9.18 Å². The van der Waals surface area contributed by atoms with Gasteiger partial charge in [0.15, 0.2) is 5.82 Å². The number of hydrogen-bond donors (Lipinski definition) is 3. The average molecular weight is 285 g/mol. The molecule has 0 saturated heterocycles. The quantitative estimate of drug-likeness (QED) is 0.390. The highest BCUT2D eigenvalue weighted by molar-refractivity contribution is 5.93. The minimum absolute atomic E-state index is 0.0907. The van der Waals surface area contributed by atoms with Crippen LogP contribution >= 0.6 is 0 Å². The van der Waals surface area contributed by atoms with Gasteiger partial charge in [0.2, 0.25) is 5.91 Å². The number of carboxylic acids is 1. The number of nitrogens with zero attached hydrogens (tertiary/aromatic N) is 1. The molecular weight excluding hydrogens is 273 g/mol. The minimum Gasteiger partial charge on any atom is -0.477 e. The Kier molecular flexibility index (Phi) is 4.95. The molecule has 1 rings (SSSR count). The molecule has 0 aromatic heterocycles. The second-order valence-corrected chi connectivity index (χ2v) is 3.91. The van der Waals surface area contributed by atoms with Crippen LogP contribution in [0.1, 0.15) is 23.2 Å². The van der Waals surface area contributed by atoms with E-state index in [1.807, 2.05) is 0 Å². The van der Waals surface area contributed by atoms with E-state index >= 15 is 0 Å². The molecule has 8 nitrogen and oxygen atoms in total. The first-order chi connectivity index (χ1) is 9.32. The fourth-order valence-electron chi connectivity index (χ4n) is 1.51. The van der Waals surface area contributed by atoms with Gasteiger partial charge in [0.05, 0.1) is 16.7 Å². The van der Waals surface area contributed by atoms with Gasteiger partial charge in [0.1, 0.15) is 5.56 Å². The number of anilines is 1. The third-order valence-corrected chi connectivity index (χ3v) is 2.43. The molecule has 0 bridgehead atoms. The normalized spacial score (nSPS) is 10.1. The number of carboxylic acid groups (broad SMARTS) is 1. The van der Waals surface area contributed by atoms with Crippen molar-refractivity contribution in [2.75, 3.05) is 11.9 Å². The van der Waals surface area contributed by atoms with E-state index in [0.29, 0.717) is 12.5 Å². The van der Waals surface area contributed by atoms with Crippen LogP contribution in [0.4, 0.5) is 15.8 Å². The molecule has 0 spiro atoms. The third-order valence-electron chi connectivity index (χ3n) is 2.43. The molecular formula is C11H12FN3O5. The molecule has 0 radical (unpaired) electrons. The highest BCUT2D eigenvalue weighted by atomic mass is 19.1. The fraction of sp³-hybridized carbons (Fsp3) is 0.273. The zero-order valence-electron chi connectivity index (χ0n) is 10.3. The van der Waals surface area contributed by atoms with Crippen molar-refractivity contribution in [1.82, 2.24) is 0 Å². The SMILES string of the molecule is NC(=O)CCCNc1cc(C(=O)O)c([N+](=O)[O-])cc1F. The molecule has 0 saturated carbocycles. The number of primary amides is 1. The molecule has 20 heavy (non-hydrogen) atoms. The van der Waals surface area contributed by atoms with Crippen molar-refractivity contribution in [2.45, 2.75) is 12.8 Å². The summed E-state index contributed by atoms with van der Waals surface area (Å²) < 4.78 is 13.6. The molecule has 0 heterocycles. The molecule has 0 unspecified atom stereocenters. The van der Waals surface area contributed by atoms with Crippen molar-refractivity contribution in [2.24, 2.45) is 5.73 Å². The van der Waals surface area contributed by atoms with Gasteiger partial charge >= 0.3 is 5.97 Å². The number of nitrogens with one attached hydrogen (secondary N) is 1. The van der Waals surface area contributed by atoms with Crippen LogP contribution in [-0.4, -0.2) is 28.5 Å². The Bertz CT molecular complexity index is 561. The van der Waals surface area contributed by atoms with Crippen LogP contribution in [0.2, 0.25) is 0 Å². The molecule has 0 aliphatic carbocycles. The van der Waals surface area contributed by atoms with Crippen LogP contribution in [0, 0.1) is 15.9 Å². The van der Waals surface area contributed by atoms with Crippen molar-refractivity contribution >= 4 is 23.3 Å². The van der Waals surface area contributed by atoms with Gasteiger partial charge in [0, 0.05) is 13.0 Å². The van der Waals surface area contributed by atoms with E-state index in [-0.39, 0.29) is 18.7 Å². The lowest BCUT2D eigenvalue weighted by Gasteiger charge is -2.08. The maximum Gasteiger partial charge on any atom is 0.342 e. The number of nitrogens with two attached hydrogens (primary N) is 1. The number of rotatable bonds is 7. The van der Waals surface area contributed by atoms with Crippen LogP contribution in [0.25, 0.3) is 0 Å². The summed E-state index contributed by atoms with van der Waals surface area (Å²) in [5, 5.41) is 22.0. The standard InChI is InChI=1S/C11H12FN3O5/c12-7-5-9(15(19)20)6(11(17)18)4-8(7)14-3-1-2-10(13)16/h4-5,14H,1-3H2,(H2,13,16)(H,17,18). The first-order valence-electron chi connectivity index (χ1n) is 5.56. The Morgan fingerprint density at radius 1 is 1.45 bits per heavy atom. The molecule has 0 fully saturated rings. The molecule has 108 valence electrons. The molecule has 1 aromatic carbocycles. The van der Waals surface area contributed by atoms with E-state index in [9.17, 15) is 24.1 Å². The number of amides is 1. The lowest BCUT2D eigenvalue weighted by molar-refractivity contribution is -0.385. The fourth-order valence-corrected chi connectivity index (χ4v) is 1.51. The Hall–Kier alpha value is -2.71. The van der Waals surface area contributed by atoms with Crippen molar-refractivity contribution in [3.05, 3.63) is 33.6 Å². The van der Waals surface area contributed by atoms with Crippen LogP contribution in [0.3, 0.4) is 0 Å². The number of hydrogen-bond acceptors (Lipinski definition) is 5. The maximum atomic E-state index is 13.6. The largest absolute Gasteiger partial charge is 0.477 e. The van der Waals surface area contributed by atoms with Crippen LogP contribution in [0.5, 0.6) is 0 Å². The Morgan fingerprint density at radius 2 is 2.10 bits per heavy atom. The monoisotopic (exact) mass is 285 g/mol. The summed E-state index contributed by atoms with van der Waals surface area (Å²) in [6.45, 7) is 0.177. The van der Waals surface area contributed by atoms with Gasteiger partial charge in [0.25, 0.3) is 5.69 Å². The molecule has 0 aliphatic heterocycles. The van der Waals surface area contributed by atoms with E-state index in [1.54, 1.807) is 0 Å². The number of nitro groups is 1. The van der Waals surface area contributed by atoms with Crippen molar-refractivity contribution < 1.29 is 24.0 Å². The summed E-state index contributed by atoms with van der Waals surface area (Å²) in [5.41, 5.74) is 3.30. The van der Waals surface area contributed by atoms with Crippen LogP contribution in [0.15, 0.2) is 12.1 Å². The number of carbonyl (C=O) groups excluding carboxylic acids is 1. The number of benzene rings is 1. The first-order valence-corrected chi connectivity index (χ1v) is 5.56. The Balaban J connectivity index is 2.92. The molecule has 9 heteroatoms. The number of carbonyl (C=O) groups is 2. The number of nitro benzene ring substituents is 1. The molecule has 1 amide bonds. The summed E-state index contributed by atoms with van der Waals surface area (Å²) in [4.78, 5) is 31.1. The Morgan fingerprint density at radius 3 is 2.60 bits per heavy atom. The summed E-state index contributed by atoms with van der Waals surface area (Å²) in [5.74, 6) is -2.99. The second-order valence-electron chi connectivity index (χ2n) is 3.91. The summed E-state index contributed by atoms with van der Waals surface area (Å²) in [7, 11) is 0.